The van der Waals surface area contributed by atoms with Crippen molar-refractivity contribution in [3.8, 4) is 0 Å². The number of pyridine rings is 1. The number of aromatic nitrogens is 2. The molecule has 3 heterocycles. The van der Waals surface area contributed by atoms with Gasteiger partial charge in [0.2, 0.25) is 0 Å². The molecule has 0 amide bonds. The molecule has 4 heteroatoms. The van der Waals surface area contributed by atoms with Crippen LogP contribution < -0.4 is 10.2 Å². The van der Waals surface area contributed by atoms with Crippen LogP contribution in [0.5, 0.6) is 0 Å². The minimum Gasteiger partial charge on any atom is -0.354 e. The average Bonchev–Trinajstić information content (AvgIpc) is 2.96. The fourth-order valence-electron chi connectivity index (χ4n) is 2.99. The molecule has 2 aromatic rings. The van der Waals surface area contributed by atoms with Crippen LogP contribution in [0.25, 0.3) is 5.65 Å². The highest BCUT2D eigenvalue weighted by Gasteiger charge is 2.31. The van der Waals surface area contributed by atoms with Crippen LogP contribution in [0.15, 0.2) is 24.4 Å². The molecule has 0 aliphatic carbocycles. The van der Waals surface area contributed by atoms with Crippen LogP contribution in [0.3, 0.4) is 0 Å². The number of imidazole rings is 1. The molecule has 1 saturated heterocycles. The molecule has 0 spiro atoms. The number of hydrogen-bond acceptors (Lipinski definition) is 3. The number of nitrogens with zero attached hydrogens (tertiary/aromatic N) is 3. The highest BCUT2D eigenvalue weighted by atomic mass is 15.3. The average molecular weight is 272 g/mol. The third kappa shape index (κ3) is 2.40. The summed E-state index contributed by atoms with van der Waals surface area (Å²) in [5.41, 5.74) is 2.71. The highest BCUT2D eigenvalue weighted by Crippen LogP contribution is 2.33. The molecular weight excluding hydrogens is 248 g/mol. The standard InChI is InChI=1S/C16H24N4/c1-4-17-11-13-15(19-10-8-16(2,3)12-19)18-14-7-5-6-9-20(13)14/h5-7,9,17H,4,8,10-12H2,1-3H3. The number of hydrogen-bond donors (Lipinski definition) is 1. The van der Waals surface area contributed by atoms with E-state index in [4.69, 9.17) is 4.98 Å². The molecule has 0 saturated carbocycles. The van der Waals surface area contributed by atoms with E-state index in [1.807, 2.05) is 0 Å². The zero-order valence-electron chi connectivity index (χ0n) is 12.7. The molecule has 1 fully saturated rings. The van der Waals surface area contributed by atoms with E-state index in [0.717, 1.165) is 37.6 Å². The molecule has 1 aliphatic heterocycles. The van der Waals surface area contributed by atoms with Gasteiger partial charge in [-0.15, -0.1) is 0 Å². The molecule has 4 nitrogen and oxygen atoms in total. The smallest absolute Gasteiger partial charge is 0.152 e. The molecule has 0 bridgehead atoms. The number of fused-ring (bicyclic) bond motifs is 1. The van der Waals surface area contributed by atoms with Crippen molar-refractivity contribution in [1.29, 1.82) is 0 Å². The Morgan fingerprint density at radius 2 is 2.20 bits per heavy atom. The Labute approximate surface area is 120 Å². The van der Waals surface area contributed by atoms with Crippen molar-refractivity contribution in [3.63, 3.8) is 0 Å². The second-order valence-corrected chi connectivity index (χ2v) is 6.43. The van der Waals surface area contributed by atoms with E-state index in [1.165, 1.54) is 12.1 Å². The van der Waals surface area contributed by atoms with Gasteiger partial charge in [0.25, 0.3) is 0 Å². The zero-order chi connectivity index (χ0) is 14.2. The summed E-state index contributed by atoms with van der Waals surface area (Å²) >= 11 is 0. The Morgan fingerprint density at radius 1 is 1.35 bits per heavy atom. The summed E-state index contributed by atoms with van der Waals surface area (Å²) in [6.07, 6.45) is 3.35. The summed E-state index contributed by atoms with van der Waals surface area (Å²) in [5, 5.41) is 3.44. The molecule has 1 aliphatic rings. The van der Waals surface area contributed by atoms with Crippen molar-refractivity contribution in [2.75, 3.05) is 24.5 Å². The number of nitrogens with one attached hydrogen (secondary N) is 1. The topological polar surface area (TPSA) is 32.6 Å². The van der Waals surface area contributed by atoms with Gasteiger partial charge in [0.1, 0.15) is 5.65 Å². The monoisotopic (exact) mass is 272 g/mol. The van der Waals surface area contributed by atoms with Crippen LogP contribution in [0, 0.1) is 5.41 Å². The van der Waals surface area contributed by atoms with Gasteiger partial charge >= 0.3 is 0 Å². The normalized spacial score (nSPS) is 18.1. The van der Waals surface area contributed by atoms with E-state index in [0.29, 0.717) is 5.41 Å². The quantitative estimate of drug-likeness (QED) is 0.929. The lowest BCUT2D eigenvalue weighted by Gasteiger charge is -2.21. The summed E-state index contributed by atoms with van der Waals surface area (Å²) in [6, 6.07) is 6.21. The molecule has 0 unspecified atom stereocenters. The second kappa shape index (κ2) is 5.09. The zero-order valence-corrected chi connectivity index (χ0v) is 12.7. The Morgan fingerprint density at radius 3 is 2.90 bits per heavy atom. The van der Waals surface area contributed by atoms with Crippen LogP contribution in [-0.4, -0.2) is 29.0 Å². The third-order valence-electron chi connectivity index (χ3n) is 4.13. The Balaban J connectivity index is 2.00. The van der Waals surface area contributed by atoms with Crippen molar-refractivity contribution >= 4 is 11.5 Å². The van der Waals surface area contributed by atoms with E-state index in [1.54, 1.807) is 0 Å². The first-order valence-corrected chi connectivity index (χ1v) is 7.52. The molecular formula is C16H24N4. The molecule has 0 radical (unpaired) electrons. The SMILES string of the molecule is CCNCc1c(N2CCC(C)(C)C2)nc2ccccn12. The van der Waals surface area contributed by atoms with Crippen LogP contribution in [-0.2, 0) is 6.54 Å². The van der Waals surface area contributed by atoms with Crippen molar-refractivity contribution in [1.82, 2.24) is 14.7 Å². The summed E-state index contributed by atoms with van der Waals surface area (Å²) in [7, 11) is 0. The van der Waals surface area contributed by atoms with Gasteiger partial charge in [-0.3, -0.25) is 0 Å². The molecule has 2 aromatic heterocycles. The predicted octanol–water partition coefficient (Wildman–Crippen LogP) is 2.68. The lowest BCUT2D eigenvalue weighted by atomic mass is 9.93. The first kappa shape index (κ1) is 13.4. The Bertz CT molecular complexity index is 600. The fourth-order valence-corrected chi connectivity index (χ4v) is 2.99. The molecule has 0 aromatic carbocycles. The largest absolute Gasteiger partial charge is 0.354 e. The molecule has 0 atom stereocenters. The summed E-state index contributed by atoms with van der Waals surface area (Å²) in [5.74, 6) is 1.16. The number of anilines is 1. The third-order valence-corrected chi connectivity index (χ3v) is 4.13. The van der Waals surface area contributed by atoms with Gasteiger partial charge in [0.15, 0.2) is 5.82 Å². The van der Waals surface area contributed by atoms with Crippen molar-refractivity contribution in [2.24, 2.45) is 5.41 Å². The fraction of sp³-hybridized carbons (Fsp3) is 0.562. The minimum atomic E-state index is 0.394. The van der Waals surface area contributed by atoms with Gasteiger partial charge in [-0.1, -0.05) is 26.8 Å². The lowest BCUT2D eigenvalue weighted by molar-refractivity contribution is 0.418. The molecule has 108 valence electrons. The Hall–Kier alpha value is -1.55. The van der Waals surface area contributed by atoms with Crippen LogP contribution in [0.1, 0.15) is 32.9 Å². The van der Waals surface area contributed by atoms with E-state index < -0.39 is 0 Å². The minimum absolute atomic E-state index is 0.394. The van der Waals surface area contributed by atoms with Crippen LogP contribution >= 0.6 is 0 Å². The predicted molar refractivity (Wildman–Crippen MR) is 83.2 cm³/mol. The van der Waals surface area contributed by atoms with E-state index >= 15 is 0 Å². The van der Waals surface area contributed by atoms with Gasteiger partial charge in [-0.25, -0.2) is 4.98 Å². The summed E-state index contributed by atoms with van der Waals surface area (Å²) < 4.78 is 2.21. The first-order valence-electron chi connectivity index (χ1n) is 7.52. The molecule has 20 heavy (non-hydrogen) atoms. The molecule has 3 rings (SSSR count). The maximum absolute atomic E-state index is 4.86. The van der Waals surface area contributed by atoms with E-state index in [9.17, 15) is 0 Å². The van der Waals surface area contributed by atoms with Crippen LogP contribution in [0.4, 0.5) is 5.82 Å². The second-order valence-electron chi connectivity index (χ2n) is 6.43. The maximum Gasteiger partial charge on any atom is 0.152 e. The van der Waals surface area contributed by atoms with E-state index in [2.05, 4.69) is 59.8 Å². The van der Waals surface area contributed by atoms with Gasteiger partial charge in [-0.05, 0) is 30.5 Å². The van der Waals surface area contributed by atoms with Gasteiger partial charge in [0, 0.05) is 25.8 Å². The van der Waals surface area contributed by atoms with Gasteiger partial charge < -0.3 is 14.6 Å². The van der Waals surface area contributed by atoms with Crippen LogP contribution in [0.2, 0.25) is 0 Å². The van der Waals surface area contributed by atoms with E-state index in [-0.39, 0.29) is 0 Å². The van der Waals surface area contributed by atoms with Crippen molar-refractivity contribution in [2.45, 2.75) is 33.7 Å². The lowest BCUT2D eigenvalue weighted by Crippen LogP contribution is -2.25. The van der Waals surface area contributed by atoms with Gasteiger partial charge in [0.05, 0.1) is 5.69 Å². The summed E-state index contributed by atoms with van der Waals surface area (Å²) in [6.45, 7) is 10.9. The van der Waals surface area contributed by atoms with Gasteiger partial charge in [-0.2, -0.15) is 0 Å². The molecule has 1 N–H and O–H groups in total. The highest BCUT2D eigenvalue weighted by molar-refractivity contribution is 5.56. The summed E-state index contributed by atoms with van der Waals surface area (Å²) in [4.78, 5) is 7.31. The van der Waals surface area contributed by atoms with Crippen molar-refractivity contribution < 1.29 is 0 Å². The van der Waals surface area contributed by atoms with Crippen molar-refractivity contribution in [3.05, 3.63) is 30.1 Å². The first-order chi connectivity index (χ1) is 9.61. The number of rotatable bonds is 4. The maximum atomic E-state index is 4.86. The Kier molecular flexibility index (Phi) is 3.42.